The van der Waals surface area contributed by atoms with Crippen LogP contribution in [0.3, 0.4) is 0 Å². The number of hydrogen-bond acceptors (Lipinski definition) is 3. The lowest BCUT2D eigenvalue weighted by Crippen LogP contribution is -2.50. The van der Waals surface area contributed by atoms with E-state index in [1.54, 1.807) is 23.1 Å². The van der Waals surface area contributed by atoms with Gasteiger partial charge in [0.2, 0.25) is 11.8 Å². The molecule has 2 aromatic carbocycles. The molecule has 28 heavy (non-hydrogen) atoms. The van der Waals surface area contributed by atoms with E-state index < -0.39 is 0 Å². The molecule has 2 amide bonds. The molecule has 146 valence electrons. The molecule has 1 saturated heterocycles. The van der Waals surface area contributed by atoms with Crippen molar-refractivity contribution in [1.29, 1.82) is 0 Å². The third-order valence-electron chi connectivity index (χ3n) is 4.65. The van der Waals surface area contributed by atoms with Gasteiger partial charge in [-0.2, -0.15) is 0 Å². The number of piperazine rings is 1. The normalized spacial score (nSPS) is 15.0. The summed E-state index contributed by atoms with van der Waals surface area (Å²) in [5.41, 5.74) is 1.72. The predicted octanol–water partition coefficient (Wildman–Crippen LogP) is 2.30. The number of nitrogens with zero attached hydrogens (tertiary/aromatic N) is 2. The molecule has 1 N–H and O–H groups in total. The third-order valence-corrected chi connectivity index (χ3v) is 4.65. The van der Waals surface area contributed by atoms with Crippen molar-refractivity contribution in [2.45, 2.75) is 6.54 Å². The number of halogens is 1. The third kappa shape index (κ3) is 6.03. The van der Waals surface area contributed by atoms with Crippen molar-refractivity contribution in [3.8, 4) is 0 Å². The van der Waals surface area contributed by atoms with Crippen LogP contribution in [-0.2, 0) is 16.1 Å². The summed E-state index contributed by atoms with van der Waals surface area (Å²) in [5, 5.41) is 2.92. The fraction of sp³-hybridized carbons (Fsp3) is 0.273. The molecule has 3 rings (SSSR count). The summed E-state index contributed by atoms with van der Waals surface area (Å²) >= 11 is 0. The van der Waals surface area contributed by atoms with Crippen molar-refractivity contribution < 1.29 is 14.0 Å². The van der Waals surface area contributed by atoms with Crippen LogP contribution in [0.2, 0.25) is 0 Å². The summed E-state index contributed by atoms with van der Waals surface area (Å²) in [6.07, 6.45) is 3.09. The van der Waals surface area contributed by atoms with Gasteiger partial charge in [0, 0.05) is 38.8 Å². The minimum absolute atomic E-state index is 0.0189. The smallest absolute Gasteiger partial charge is 0.246 e. The maximum atomic E-state index is 13.2. The van der Waals surface area contributed by atoms with E-state index in [0.29, 0.717) is 44.8 Å². The van der Waals surface area contributed by atoms with Crippen LogP contribution in [0.4, 0.5) is 4.39 Å². The van der Waals surface area contributed by atoms with Crippen molar-refractivity contribution >= 4 is 17.9 Å². The lowest BCUT2D eigenvalue weighted by Gasteiger charge is -2.33. The Balaban J connectivity index is 1.40. The van der Waals surface area contributed by atoms with Crippen LogP contribution >= 0.6 is 0 Å². The van der Waals surface area contributed by atoms with Crippen LogP contribution in [0.1, 0.15) is 11.1 Å². The Morgan fingerprint density at radius 1 is 1.00 bits per heavy atom. The summed E-state index contributed by atoms with van der Waals surface area (Å²) < 4.78 is 13.2. The zero-order valence-electron chi connectivity index (χ0n) is 15.7. The Morgan fingerprint density at radius 2 is 1.75 bits per heavy atom. The van der Waals surface area contributed by atoms with E-state index in [1.807, 2.05) is 35.2 Å². The molecule has 2 aromatic rings. The molecular formula is C22H24FN3O2. The van der Waals surface area contributed by atoms with Gasteiger partial charge in [0.15, 0.2) is 0 Å². The van der Waals surface area contributed by atoms with E-state index in [0.717, 1.165) is 5.56 Å². The topological polar surface area (TPSA) is 52.7 Å². The number of rotatable bonds is 6. The van der Waals surface area contributed by atoms with Crippen LogP contribution in [-0.4, -0.2) is 54.3 Å². The summed E-state index contributed by atoms with van der Waals surface area (Å²) in [5.74, 6) is -0.444. The monoisotopic (exact) mass is 381 g/mol. The van der Waals surface area contributed by atoms with Crippen molar-refractivity contribution in [2.75, 3.05) is 32.7 Å². The molecular weight excluding hydrogens is 357 g/mol. The first kappa shape index (κ1) is 19.8. The number of carbonyl (C=O) groups is 2. The van der Waals surface area contributed by atoms with E-state index in [9.17, 15) is 14.0 Å². The highest BCUT2D eigenvalue weighted by Gasteiger charge is 2.21. The number of amides is 2. The van der Waals surface area contributed by atoms with Crippen LogP contribution in [0, 0.1) is 5.82 Å². The van der Waals surface area contributed by atoms with E-state index in [1.165, 1.54) is 18.2 Å². The zero-order chi connectivity index (χ0) is 19.8. The highest BCUT2D eigenvalue weighted by Crippen LogP contribution is 2.07. The molecule has 6 heteroatoms. The fourth-order valence-corrected chi connectivity index (χ4v) is 3.07. The Kier molecular flexibility index (Phi) is 6.92. The molecule has 1 fully saturated rings. The van der Waals surface area contributed by atoms with Gasteiger partial charge >= 0.3 is 0 Å². The lowest BCUT2D eigenvalue weighted by molar-refractivity contribution is -0.128. The SMILES string of the molecule is O=C(CN1CCN(C(=O)/C=C/c2cccc(F)c2)CC1)NCc1ccccc1. The van der Waals surface area contributed by atoms with Gasteiger partial charge in [-0.25, -0.2) is 4.39 Å². The van der Waals surface area contributed by atoms with Gasteiger partial charge in [-0.05, 0) is 29.3 Å². The molecule has 0 radical (unpaired) electrons. The first-order chi connectivity index (χ1) is 13.6. The highest BCUT2D eigenvalue weighted by molar-refractivity contribution is 5.91. The Bertz CT molecular complexity index is 831. The van der Waals surface area contributed by atoms with E-state index in [4.69, 9.17) is 0 Å². The van der Waals surface area contributed by atoms with Gasteiger partial charge in [-0.3, -0.25) is 14.5 Å². The number of benzene rings is 2. The molecule has 1 aliphatic rings. The van der Waals surface area contributed by atoms with Crippen LogP contribution in [0.15, 0.2) is 60.7 Å². The largest absolute Gasteiger partial charge is 0.351 e. The molecule has 0 saturated carbocycles. The molecule has 1 heterocycles. The van der Waals surface area contributed by atoms with Gasteiger partial charge < -0.3 is 10.2 Å². The van der Waals surface area contributed by atoms with Gasteiger partial charge in [0.05, 0.1) is 6.54 Å². The Morgan fingerprint density at radius 3 is 2.46 bits per heavy atom. The summed E-state index contributed by atoms with van der Waals surface area (Å²) in [6, 6.07) is 15.9. The van der Waals surface area contributed by atoms with Crippen LogP contribution in [0.25, 0.3) is 6.08 Å². The zero-order valence-corrected chi connectivity index (χ0v) is 15.7. The van der Waals surface area contributed by atoms with Crippen LogP contribution in [0.5, 0.6) is 0 Å². The predicted molar refractivity (Wildman–Crippen MR) is 107 cm³/mol. The summed E-state index contributed by atoms with van der Waals surface area (Å²) in [4.78, 5) is 28.2. The molecule has 0 unspecified atom stereocenters. The van der Waals surface area contributed by atoms with E-state index >= 15 is 0 Å². The lowest BCUT2D eigenvalue weighted by atomic mass is 10.2. The van der Waals surface area contributed by atoms with Gasteiger partial charge in [-0.15, -0.1) is 0 Å². The molecule has 1 aliphatic heterocycles. The second kappa shape index (κ2) is 9.80. The maximum absolute atomic E-state index is 13.2. The molecule has 0 aliphatic carbocycles. The quantitative estimate of drug-likeness (QED) is 0.782. The summed E-state index contributed by atoms with van der Waals surface area (Å²) in [6.45, 7) is 3.28. The minimum atomic E-state index is -0.325. The van der Waals surface area contributed by atoms with Crippen molar-refractivity contribution in [3.05, 3.63) is 77.6 Å². The van der Waals surface area contributed by atoms with Crippen molar-refractivity contribution in [1.82, 2.24) is 15.1 Å². The summed E-state index contributed by atoms with van der Waals surface area (Å²) in [7, 11) is 0. The van der Waals surface area contributed by atoms with Gasteiger partial charge in [0.25, 0.3) is 0 Å². The molecule has 0 bridgehead atoms. The van der Waals surface area contributed by atoms with E-state index in [-0.39, 0.29) is 17.6 Å². The maximum Gasteiger partial charge on any atom is 0.246 e. The second-order valence-electron chi connectivity index (χ2n) is 6.75. The fourth-order valence-electron chi connectivity index (χ4n) is 3.07. The highest BCUT2D eigenvalue weighted by atomic mass is 19.1. The average molecular weight is 381 g/mol. The minimum Gasteiger partial charge on any atom is -0.351 e. The van der Waals surface area contributed by atoms with Gasteiger partial charge in [0.1, 0.15) is 5.82 Å². The Labute approximate surface area is 164 Å². The second-order valence-corrected chi connectivity index (χ2v) is 6.75. The molecule has 0 spiro atoms. The van der Waals surface area contributed by atoms with Gasteiger partial charge in [-0.1, -0.05) is 42.5 Å². The first-order valence-electron chi connectivity index (χ1n) is 9.36. The molecule has 0 aromatic heterocycles. The van der Waals surface area contributed by atoms with Crippen LogP contribution < -0.4 is 5.32 Å². The standard InChI is InChI=1S/C22H24FN3O2/c23-20-8-4-7-18(15-20)9-10-22(28)26-13-11-25(12-14-26)17-21(27)24-16-19-5-2-1-3-6-19/h1-10,15H,11-14,16-17H2,(H,24,27)/b10-9+. The Hall–Kier alpha value is -2.99. The number of nitrogens with one attached hydrogen (secondary N) is 1. The van der Waals surface area contributed by atoms with Crippen molar-refractivity contribution in [2.24, 2.45) is 0 Å². The number of hydrogen-bond donors (Lipinski definition) is 1. The average Bonchev–Trinajstić information content (AvgIpc) is 2.72. The number of carbonyl (C=O) groups excluding carboxylic acids is 2. The molecule has 5 nitrogen and oxygen atoms in total. The first-order valence-corrected chi connectivity index (χ1v) is 9.36. The molecule has 0 atom stereocenters. The van der Waals surface area contributed by atoms with Crippen molar-refractivity contribution in [3.63, 3.8) is 0 Å². The van der Waals surface area contributed by atoms with E-state index in [2.05, 4.69) is 5.32 Å².